The van der Waals surface area contributed by atoms with Gasteiger partial charge in [-0.15, -0.1) is 0 Å². The average molecular weight is 495 g/mol. The molecule has 0 bridgehead atoms. The Morgan fingerprint density at radius 1 is 1.06 bits per heavy atom. The van der Waals surface area contributed by atoms with E-state index in [2.05, 4.69) is 17.7 Å². The molecule has 0 heterocycles. The number of hydrogen-bond donors (Lipinski definition) is 3. The van der Waals surface area contributed by atoms with Gasteiger partial charge in [0.25, 0.3) is 0 Å². The van der Waals surface area contributed by atoms with Crippen LogP contribution in [-0.4, -0.2) is 60.8 Å². The second-order valence-corrected chi connectivity index (χ2v) is 9.71. The van der Waals surface area contributed by atoms with Crippen molar-refractivity contribution < 1.29 is 24.2 Å². The molecule has 36 heavy (non-hydrogen) atoms. The summed E-state index contributed by atoms with van der Waals surface area (Å²) in [6.07, 6.45) is 0.696. The Morgan fingerprint density at radius 2 is 1.72 bits per heavy atom. The third kappa shape index (κ3) is 11.6. The fourth-order valence-corrected chi connectivity index (χ4v) is 3.51. The molecule has 8 nitrogen and oxygen atoms in total. The topological polar surface area (TPSA) is 100 Å². The number of aliphatic hydroxyl groups excluding tert-OH is 1. The van der Waals surface area contributed by atoms with E-state index in [4.69, 9.17) is 17.3 Å². The molecule has 2 amide bonds. The molecule has 0 aliphatic carbocycles. The largest absolute Gasteiger partial charge is 0.494 e. The predicted molar refractivity (Wildman–Crippen MR) is 141 cm³/mol. The standard InChI is InChI=1S/C27H38BN3O5/c1-5-6-16-35-22-14-12-20(13-15-22)17-23(29-25(28)33)24(32)19-31(18-21-10-8-7-9-11-21)30-26(34)36-27(2,3)4/h7-15,23-24,32H,5-6,16-19H2,1-4H3,(H,29,33)(H,30,34)/t23-,24-/m1/s1. The average Bonchev–Trinajstić information content (AvgIpc) is 2.79. The van der Waals surface area contributed by atoms with Crippen molar-refractivity contribution in [3.8, 4) is 5.75 Å². The van der Waals surface area contributed by atoms with Gasteiger partial charge in [0.1, 0.15) is 11.4 Å². The molecule has 3 N–H and O–H groups in total. The van der Waals surface area contributed by atoms with Crippen molar-refractivity contribution in [2.24, 2.45) is 0 Å². The monoisotopic (exact) mass is 495 g/mol. The van der Waals surface area contributed by atoms with E-state index in [0.29, 0.717) is 19.6 Å². The maximum absolute atomic E-state index is 12.4. The van der Waals surface area contributed by atoms with Gasteiger partial charge in [-0.1, -0.05) is 55.8 Å². The van der Waals surface area contributed by atoms with E-state index < -0.39 is 29.6 Å². The number of rotatable bonds is 13. The highest BCUT2D eigenvalue weighted by Gasteiger charge is 2.25. The first-order valence-electron chi connectivity index (χ1n) is 12.3. The Balaban J connectivity index is 2.11. The number of nitrogens with one attached hydrogen (secondary N) is 2. The number of aliphatic hydroxyl groups is 1. The minimum absolute atomic E-state index is 0.0251. The lowest BCUT2D eigenvalue weighted by molar-refractivity contribution is 0.0156. The number of amides is 2. The summed E-state index contributed by atoms with van der Waals surface area (Å²) >= 11 is 0. The predicted octanol–water partition coefficient (Wildman–Crippen LogP) is 3.96. The zero-order valence-electron chi connectivity index (χ0n) is 21.7. The van der Waals surface area contributed by atoms with Gasteiger partial charge in [-0.3, -0.25) is 10.2 Å². The van der Waals surface area contributed by atoms with E-state index in [1.165, 1.54) is 0 Å². The second-order valence-electron chi connectivity index (χ2n) is 9.71. The van der Waals surface area contributed by atoms with Crippen LogP contribution in [0.3, 0.4) is 0 Å². The number of unbranched alkanes of at least 4 members (excludes halogenated alkanes) is 1. The number of carbonyl (C=O) groups excluding carboxylic acids is 2. The molecule has 0 unspecified atom stereocenters. The van der Waals surface area contributed by atoms with Gasteiger partial charge in [0.15, 0.2) is 5.81 Å². The number of nitrogens with zero attached hydrogens (tertiary/aromatic N) is 1. The maximum atomic E-state index is 12.4. The third-order valence-corrected chi connectivity index (χ3v) is 5.21. The number of hydrogen-bond acceptors (Lipinski definition) is 6. The SMILES string of the molecule is [B]C(=O)N[C@H](Cc1ccc(OCCCC)cc1)[C@H](O)CN(Cc1ccccc1)NC(=O)OC(C)(C)C. The first-order valence-corrected chi connectivity index (χ1v) is 12.3. The quantitative estimate of drug-likeness (QED) is 0.221. The summed E-state index contributed by atoms with van der Waals surface area (Å²) in [7, 11) is 5.40. The van der Waals surface area contributed by atoms with Gasteiger partial charge in [0, 0.05) is 13.1 Å². The van der Waals surface area contributed by atoms with Crippen molar-refractivity contribution >= 4 is 19.7 Å². The molecule has 2 atom stereocenters. The van der Waals surface area contributed by atoms with Gasteiger partial charge < -0.3 is 19.9 Å². The Hall–Kier alpha value is -3.04. The van der Waals surface area contributed by atoms with Crippen LogP contribution in [0.5, 0.6) is 5.75 Å². The van der Waals surface area contributed by atoms with Crippen molar-refractivity contribution in [3.05, 3.63) is 65.7 Å². The van der Waals surface area contributed by atoms with E-state index in [1.54, 1.807) is 25.8 Å². The summed E-state index contributed by atoms with van der Waals surface area (Å²) in [6.45, 7) is 8.43. The Bertz CT molecular complexity index is 935. The molecule has 2 aromatic carbocycles. The summed E-state index contributed by atoms with van der Waals surface area (Å²) in [5.41, 5.74) is 3.85. The van der Waals surface area contributed by atoms with E-state index in [1.807, 2.05) is 54.6 Å². The van der Waals surface area contributed by atoms with E-state index in [-0.39, 0.29) is 6.54 Å². The Kier molecular flexibility index (Phi) is 11.8. The van der Waals surface area contributed by atoms with Crippen LogP contribution in [0.4, 0.5) is 9.59 Å². The van der Waals surface area contributed by atoms with Crippen molar-refractivity contribution in [1.82, 2.24) is 15.8 Å². The third-order valence-electron chi connectivity index (χ3n) is 5.21. The molecule has 0 aromatic heterocycles. The van der Waals surface area contributed by atoms with Gasteiger partial charge in [-0.25, -0.2) is 9.80 Å². The summed E-state index contributed by atoms with van der Waals surface area (Å²) in [4.78, 5) is 24.1. The highest BCUT2D eigenvalue weighted by atomic mass is 16.6. The zero-order chi connectivity index (χ0) is 26.6. The molecule has 194 valence electrons. The summed E-state index contributed by atoms with van der Waals surface area (Å²) in [6, 6.07) is 16.3. The molecular formula is C27H38BN3O5. The molecule has 0 aliphatic rings. The first kappa shape index (κ1) is 29.2. The van der Waals surface area contributed by atoms with Gasteiger partial charge in [-0.05, 0) is 56.9 Å². The van der Waals surface area contributed by atoms with Crippen LogP contribution in [0, 0.1) is 0 Å². The van der Waals surface area contributed by atoms with Gasteiger partial charge >= 0.3 is 6.09 Å². The fourth-order valence-electron chi connectivity index (χ4n) is 3.51. The van der Waals surface area contributed by atoms with E-state index in [9.17, 15) is 14.7 Å². The Morgan fingerprint density at radius 3 is 2.31 bits per heavy atom. The van der Waals surface area contributed by atoms with Crippen LogP contribution in [0.25, 0.3) is 0 Å². The zero-order valence-corrected chi connectivity index (χ0v) is 21.7. The number of hydrazine groups is 1. The minimum Gasteiger partial charge on any atom is -0.494 e. The molecule has 2 aromatic rings. The number of benzene rings is 2. The van der Waals surface area contributed by atoms with E-state index >= 15 is 0 Å². The lowest BCUT2D eigenvalue weighted by Crippen LogP contribution is -2.53. The van der Waals surface area contributed by atoms with Crippen LogP contribution >= 0.6 is 0 Å². The summed E-state index contributed by atoms with van der Waals surface area (Å²) in [5.74, 6) is 0.0241. The lowest BCUT2D eigenvalue weighted by atomic mass is 9.98. The Labute approximate surface area is 215 Å². The fraction of sp³-hybridized carbons (Fsp3) is 0.481. The van der Waals surface area contributed by atoms with Crippen molar-refractivity contribution in [2.45, 2.75) is 71.2 Å². The normalized spacial score (nSPS) is 13.1. The number of ether oxygens (including phenoxy) is 2. The van der Waals surface area contributed by atoms with Crippen LogP contribution < -0.4 is 15.5 Å². The maximum Gasteiger partial charge on any atom is 0.422 e. The summed E-state index contributed by atoms with van der Waals surface area (Å²) < 4.78 is 11.1. The molecular weight excluding hydrogens is 457 g/mol. The molecule has 2 radical (unpaired) electrons. The van der Waals surface area contributed by atoms with Crippen molar-refractivity contribution in [1.29, 1.82) is 0 Å². The van der Waals surface area contributed by atoms with Crippen LogP contribution in [0.2, 0.25) is 0 Å². The van der Waals surface area contributed by atoms with Gasteiger partial charge in [-0.2, -0.15) is 0 Å². The lowest BCUT2D eigenvalue weighted by Gasteiger charge is -2.31. The molecule has 0 saturated heterocycles. The first-order chi connectivity index (χ1) is 17.1. The molecule has 0 saturated carbocycles. The van der Waals surface area contributed by atoms with Gasteiger partial charge in [0.2, 0.25) is 7.85 Å². The minimum atomic E-state index is -1.04. The second kappa shape index (κ2) is 14.5. The molecule has 0 fully saturated rings. The highest BCUT2D eigenvalue weighted by molar-refractivity contribution is 6.57. The van der Waals surface area contributed by atoms with Gasteiger partial charge in [0.05, 0.1) is 18.8 Å². The molecule has 9 heteroatoms. The van der Waals surface area contributed by atoms with Crippen LogP contribution in [0.1, 0.15) is 51.7 Å². The number of carbonyl (C=O) groups is 2. The van der Waals surface area contributed by atoms with Crippen LogP contribution in [-0.2, 0) is 17.7 Å². The van der Waals surface area contributed by atoms with Crippen LogP contribution in [0.15, 0.2) is 54.6 Å². The smallest absolute Gasteiger partial charge is 0.422 e. The molecule has 0 aliphatic heterocycles. The molecule has 0 spiro atoms. The summed E-state index contributed by atoms with van der Waals surface area (Å²) in [5, 5.41) is 15.3. The van der Waals surface area contributed by atoms with Crippen molar-refractivity contribution in [3.63, 3.8) is 0 Å². The van der Waals surface area contributed by atoms with Crippen molar-refractivity contribution in [2.75, 3.05) is 13.2 Å². The van der Waals surface area contributed by atoms with E-state index in [0.717, 1.165) is 29.7 Å². The molecule has 2 rings (SSSR count). The highest BCUT2D eigenvalue weighted by Crippen LogP contribution is 2.16.